The second kappa shape index (κ2) is 7.51. The number of rotatable bonds is 5. The Morgan fingerprint density at radius 2 is 1.96 bits per heavy atom. The Balaban J connectivity index is 1.70. The molecule has 2 saturated heterocycles. The van der Waals surface area contributed by atoms with Gasteiger partial charge in [0, 0.05) is 58.1 Å². The third kappa shape index (κ3) is 3.51. The second-order valence-electron chi connectivity index (χ2n) is 6.61. The van der Waals surface area contributed by atoms with Crippen LogP contribution in [0.3, 0.4) is 0 Å². The van der Waals surface area contributed by atoms with Crippen molar-refractivity contribution < 1.29 is 13.2 Å². The average Bonchev–Trinajstić information content (AvgIpc) is 3.10. The molecule has 0 radical (unpaired) electrons. The molecule has 3 heterocycles. The van der Waals surface area contributed by atoms with Crippen LogP contribution in [-0.2, 0) is 21.5 Å². The Kier molecular flexibility index (Phi) is 5.59. The Morgan fingerprint density at radius 1 is 1.21 bits per heavy atom. The molecule has 2 aliphatic rings. The van der Waals surface area contributed by atoms with Crippen molar-refractivity contribution in [3.05, 3.63) is 18.2 Å². The quantitative estimate of drug-likeness (QED) is 0.801. The van der Waals surface area contributed by atoms with E-state index in [1.807, 2.05) is 12.4 Å². The first-order valence-corrected chi connectivity index (χ1v) is 10.2. The van der Waals surface area contributed by atoms with E-state index in [9.17, 15) is 8.42 Å². The van der Waals surface area contributed by atoms with Crippen LogP contribution in [0.25, 0.3) is 0 Å². The zero-order valence-electron chi connectivity index (χ0n) is 14.6. The smallest absolute Gasteiger partial charge is 0.281 e. The van der Waals surface area contributed by atoms with Crippen molar-refractivity contribution in [2.45, 2.75) is 51.2 Å². The van der Waals surface area contributed by atoms with Crippen LogP contribution in [0.15, 0.2) is 12.4 Å². The lowest BCUT2D eigenvalue weighted by Gasteiger charge is -2.37. The van der Waals surface area contributed by atoms with Crippen LogP contribution in [0.1, 0.15) is 44.3 Å². The number of aryl methyl sites for hydroxylation is 1. The molecule has 24 heavy (non-hydrogen) atoms. The highest BCUT2D eigenvalue weighted by Gasteiger charge is 2.36. The fourth-order valence-corrected chi connectivity index (χ4v) is 5.50. The SMILES string of the molecule is CCn1ccnc1[C@@H]1CCCN(S(=O)(=O)N2CCC(OC)CC2)C1. The Hall–Kier alpha value is -0.960. The fourth-order valence-electron chi connectivity index (χ4n) is 3.77. The van der Waals surface area contributed by atoms with Crippen LogP contribution < -0.4 is 0 Å². The maximum Gasteiger partial charge on any atom is 0.281 e. The lowest BCUT2D eigenvalue weighted by Crippen LogP contribution is -2.50. The summed E-state index contributed by atoms with van der Waals surface area (Å²) in [7, 11) is -1.69. The van der Waals surface area contributed by atoms with Gasteiger partial charge >= 0.3 is 0 Å². The summed E-state index contributed by atoms with van der Waals surface area (Å²) in [4.78, 5) is 4.47. The maximum atomic E-state index is 13.0. The predicted molar refractivity (Wildman–Crippen MR) is 92.0 cm³/mol. The summed E-state index contributed by atoms with van der Waals surface area (Å²) >= 11 is 0. The monoisotopic (exact) mass is 356 g/mol. The highest BCUT2D eigenvalue weighted by molar-refractivity contribution is 7.86. The minimum atomic E-state index is -3.39. The van der Waals surface area contributed by atoms with Gasteiger partial charge in [-0.05, 0) is 32.6 Å². The number of ether oxygens (including phenoxy) is 1. The van der Waals surface area contributed by atoms with Crippen LogP contribution in [0, 0.1) is 0 Å². The van der Waals surface area contributed by atoms with Crippen molar-refractivity contribution >= 4 is 10.2 Å². The van der Waals surface area contributed by atoms with Gasteiger partial charge in [-0.1, -0.05) is 0 Å². The van der Waals surface area contributed by atoms with E-state index >= 15 is 0 Å². The summed E-state index contributed by atoms with van der Waals surface area (Å²) in [5, 5.41) is 0. The average molecular weight is 356 g/mol. The van der Waals surface area contributed by atoms with Gasteiger partial charge in [0.25, 0.3) is 10.2 Å². The summed E-state index contributed by atoms with van der Waals surface area (Å²) in [6.45, 7) is 5.18. The number of piperidine rings is 2. The van der Waals surface area contributed by atoms with E-state index in [0.717, 1.165) is 38.1 Å². The molecule has 0 amide bonds. The van der Waals surface area contributed by atoms with E-state index in [1.165, 1.54) is 0 Å². The lowest BCUT2D eigenvalue weighted by molar-refractivity contribution is 0.0588. The molecule has 0 spiro atoms. The molecule has 0 N–H and O–H groups in total. The lowest BCUT2D eigenvalue weighted by atomic mass is 9.99. The van der Waals surface area contributed by atoms with Gasteiger partial charge in [-0.15, -0.1) is 0 Å². The maximum absolute atomic E-state index is 13.0. The number of aromatic nitrogens is 2. The van der Waals surface area contributed by atoms with Gasteiger partial charge in [-0.25, -0.2) is 4.98 Å². The molecule has 8 heteroatoms. The topological polar surface area (TPSA) is 67.7 Å². The number of hydrogen-bond donors (Lipinski definition) is 0. The van der Waals surface area contributed by atoms with E-state index in [1.54, 1.807) is 15.7 Å². The Morgan fingerprint density at radius 3 is 2.62 bits per heavy atom. The highest BCUT2D eigenvalue weighted by atomic mass is 32.2. The van der Waals surface area contributed by atoms with E-state index in [2.05, 4.69) is 16.5 Å². The molecule has 0 unspecified atom stereocenters. The Labute approximate surface area is 144 Å². The number of hydrogen-bond acceptors (Lipinski definition) is 4. The summed E-state index contributed by atoms with van der Waals surface area (Å²) in [5.74, 6) is 1.19. The van der Waals surface area contributed by atoms with Gasteiger partial charge in [-0.2, -0.15) is 17.0 Å². The van der Waals surface area contributed by atoms with Crippen molar-refractivity contribution in [3.63, 3.8) is 0 Å². The molecule has 2 aliphatic heterocycles. The molecular formula is C16H28N4O3S. The van der Waals surface area contributed by atoms with Gasteiger partial charge in [0.1, 0.15) is 5.82 Å². The van der Waals surface area contributed by atoms with E-state index in [0.29, 0.717) is 26.2 Å². The largest absolute Gasteiger partial charge is 0.381 e. The molecule has 0 saturated carbocycles. The Bertz CT molecular complexity index is 638. The molecule has 1 atom stereocenters. The molecule has 0 bridgehead atoms. The standard InChI is InChI=1S/C16H28N4O3S/c1-3-18-12-8-17-16(18)14-5-4-9-20(13-14)24(21,22)19-10-6-15(23-2)7-11-19/h8,12,14-15H,3-7,9-11,13H2,1-2H3/t14-/m1/s1. The number of nitrogens with zero attached hydrogens (tertiary/aromatic N) is 4. The zero-order valence-corrected chi connectivity index (χ0v) is 15.4. The van der Waals surface area contributed by atoms with Crippen molar-refractivity contribution in [2.75, 3.05) is 33.3 Å². The summed E-state index contributed by atoms with van der Waals surface area (Å²) in [6, 6.07) is 0. The molecule has 0 aromatic carbocycles. The molecule has 1 aromatic heterocycles. The molecule has 0 aliphatic carbocycles. The molecule has 2 fully saturated rings. The van der Waals surface area contributed by atoms with Gasteiger partial charge in [0.2, 0.25) is 0 Å². The number of methoxy groups -OCH3 is 1. The molecule has 7 nitrogen and oxygen atoms in total. The van der Waals surface area contributed by atoms with Crippen LogP contribution >= 0.6 is 0 Å². The van der Waals surface area contributed by atoms with Gasteiger partial charge in [-0.3, -0.25) is 0 Å². The summed E-state index contributed by atoms with van der Waals surface area (Å²) in [5.41, 5.74) is 0. The normalized spacial score (nSPS) is 25.2. The van der Waals surface area contributed by atoms with E-state index in [4.69, 9.17) is 4.74 Å². The third-order valence-electron chi connectivity index (χ3n) is 5.22. The van der Waals surface area contributed by atoms with Crippen molar-refractivity contribution in [1.82, 2.24) is 18.2 Å². The minimum Gasteiger partial charge on any atom is -0.381 e. The predicted octanol–water partition coefficient (Wildman–Crippen LogP) is 1.44. The van der Waals surface area contributed by atoms with Gasteiger partial charge in [0.15, 0.2) is 0 Å². The van der Waals surface area contributed by atoms with Crippen LogP contribution in [0.2, 0.25) is 0 Å². The van der Waals surface area contributed by atoms with Crippen LogP contribution in [0.5, 0.6) is 0 Å². The molecule has 3 rings (SSSR count). The zero-order chi connectivity index (χ0) is 17.2. The van der Waals surface area contributed by atoms with E-state index < -0.39 is 10.2 Å². The first-order valence-electron chi connectivity index (χ1n) is 8.85. The van der Waals surface area contributed by atoms with Crippen LogP contribution in [-0.4, -0.2) is 66.0 Å². The van der Waals surface area contributed by atoms with Crippen LogP contribution in [0.4, 0.5) is 0 Å². The first kappa shape index (κ1) is 17.8. The molecule has 1 aromatic rings. The first-order chi connectivity index (χ1) is 11.6. The van der Waals surface area contributed by atoms with Gasteiger partial charge < -0.3 is 9.30 Å². The summed E-state index contributed by atoms with van der Waals surface area (Å²) < 4.78 is 36.7. The van der Waals surface area contributed by atoms with Crippen molar-refractivity contribution in [1.29, 1.82) is 0 Å². The second-order valence-corrected chi connectivity index (χ2v) is 8.54. The van der Waals surface area contributed by atoms with E-state index in [-0.39, 0.29) is 12.0 Å². The van der Waals surface area contributed by atoms with Crippen molar-refractivity contribution in [2.24, 2.45) is 0 Å². The molecule has 136 valence electrons. The number of imidazole rings is 1. The van der Waals surface area contributed by atoms with Crippen molar-refractivity contribution in [3.8, 4) is 0 Å². The third-order valence-corrected chi connectivity index (χ3v) is 7.23. The van der Waals surface area contributed by atoms with Gasteiger partial charge in [0.05, 0.1) is 6.10 Å². The minimum absolute atomic E-state index is 0.181. The summed E-state index contributed by atoms with van der Waals surface area (Å²) in [6.07, 6.45) is 7.38. The molecular weight excluding hydrogens is 328 g/mol. The fraction of sp³-hybridized carbons (Fsp3) is 0.812. The highest BCUT2D eigenvalue weighted by Crippen LogP contribution is 2.29.